The first-order valence-electron chi connectivity index (χ1n) is 10.6. The van der Waals surface area contributed by atoms with Gasteiger partial charge in [-0.2, -0.15) is 0 Å². The lowest BCUT2D eigenvalue weighted by atomic mass is 9.99. The highest BCUT2D eigenvalue weighted by atomic mass is 16.1. The maximum Gasteiger partial charge on any atom is 0.250 e. The minimum Gasteiger partial charge on any atom is -0.357 e. The van der Waals surface area contributed by atoms with Crippen molar-refractivity contribution in [1.29, 1.82) is 0 Å². The molecule has 0 unspecified atom stereocenters. The summed E-state index contributed by atoms with van der Waals surface area (Å²) in [5, 5.41) is 6.72. The molecule has 27 heavy (non-hydrogen) atoms. The smallest absolute Gasteiger partial charge is 0.250 e. The molecule has 2 rings (SSSR count). The van der Waals surface area contributed by atoms with Crippen molar-refractivity contribution in [1.82, 2.24) is 20.1 Å². The fourth-order valence-corrected chi connectivity index (χ4v) is 3.37. The molecule has 0 aliphatic carbocycles. The van der Waals surface area contributed by atoms with Crippen molar-refractivity contribution in [3.8, 4) is 0 Å². The lowest BCUT2D eigenvalue weighted by molar-refractivity contribution is 0.192. The lowest BCUT2D eigenvalue weighted by Crippen LogP contribution is -2.38. The Hall–Kier alpha value is -1.82. The number of nitrogens with one attached hydrogen (secondary N) is 2. The molecule has 0 bridgehead atoms. The van der Waals surface area contributed by atoms with Crippen molar-refractivity contribution >= 4 is 5.96 Å². The highest BCUT2D eigenvalue weighted by molar-refractivity contribution is 5.79. The molecule has 2 N–H and O–H groups in total. The van der Waals surface area contributed by atoms with Gasteiger partial charge in [-0.15, -0.1) is 0 Å². The maximum atomic E-state index is 11.7. The number of rotatable bonds is 10. The third-order valence-electron chi connectivity index (χ3n) is 5.14. The van der Waals surface area contributed by atoms with E-state index in [2.05, 4.69) is 29.4 Å². The van der Waals surface area contributed by atoms with Crippen LogP contribution in [0.25, 0.3) is 0 Å². The highest BCUT2D eigenvalue weighted by Crippen LogP contribution is 2.15. The number of piperidine rings is 1. The minimum atomic E-state index is 0.0727. The zero-order valence-electron chi connectivity index (χ0n) is 17.1. The number of aromatic nitrogens is 1. The van der Waals surface area contributed by atoms with Crippen molar-refractivity contribution in [3.63, 3.8) is 0 Å². The number of pyridine rings is 1. The molecule has 1 aromatic heterocycles. The molecule has 6 heteroatoms. The van der Waals surface area contributed by atoms with Gasteiger partial charge in [-0.1, -0.05) is 13.0 Å². The second-order valence-corrected chi connectivity index (χ2v) is 7.50. The van der Waals surface area contributed by atoms with Crippen LogP contribution in [0.5, 0.6) is 0 Å². The topological polar surface area (TPSA) is 61.7 Å². The molecule has 1 aromatic rings. The first-order valence-corrected chi connectivity index (χ1v) is 10.6. The van der Waals surface area contributed by atoms with E-state index in [9.17, 15) is 4.79 Å². The fraction of sp³-hybridized carbons (Fsp3) is 0.714. The average Bonchev–Trinajstić information content (AvgIpc) is 2.67. The number of unbranched alkanes of at least 4 members (excludes halogenated alkanes) is 1. The number of hydrogen-bond donors (Lipinski definition) is 2. The van der Waals surface area contributed by atoms with Gasteiger partial charge in [-0.3, -0.25) is 9.79 Å². The maximum absolute atomic E-state index is 11.7. The van der Waals surface area contributed by atoms with Crippen molar-refractivity contribution < 1.29 is 0 Å². The Morgan fingerprint density at radius 1 is 1.15 bits per heavy atom. The summed E-state index contributed by atoms with van der Waals surface area (Å²) in [6.45, 7) is 11.5. The molecule has 1 aliphatic heterocycles. The van der Waals surface area contributed by atoms with E-state index in [4.69, 9.17) is 4.99 Å². The third-order valence-corrected chi connectivity index (χ3v) is 5.14. The van der Waals surface area contributed by atoms with Crippen molar-refractivity contribution in [2.75, 3.05) is 39.3 Å². The summed E-state index contributed by atoms with van der Waals surface area (Å²) in [5.41, 5.74) is 0.0727. The number of guanidine groups is 1. The van der Waals surface area contributed by atoms with E-state index in [1.54, 1.807) is 16.7 Å². The Morgan fingerprint density at radius 3 is 2.70 bits per heavy atom. The van der Waals surface area contributed by atoms with Crippen molar-refractivity contribution in [3.05, 3.63) is 34.7 Å². The molecule has 6 nitrogen and oxygen atoms in total. The van der Waals surface area contributed by atoms with Crippen LogP contribution in [-0.4, -0.2) is 54.7 Å². The number of aryl methyl sites for hydroxylation is 1. The first kappa shape index (κ1) is 21.5. The van der Waals surface area contributed by atoms with E-state index in [0.29, 0.717) is 0 Å². The van der Waals surface area contributed by atoms with Crippen LogP contribution in [0.15, 0.2) is 34.2 Å². The van der Waals surface area contributed by atoms with Gasteiger partial charge in [0.1, 0.15) is 0 Å². The molecule has 2 heterocycles. The number of hydrogen-bond acceptors (Lipinski definition) is 3. The van der Waals surface area contributed by atoms with Crippen LogP contribution in [0.3, 0.4) is 0 Å². The molecule has 0 aromatic carbocycles. The van der Waals surface area contributed by atoms with Gasteiger partial charge >= 0.3 is 0 Å². The lowest BCUT2D eigenvalue weighted by Gasteiger charge is -2.29. The highest BCUT2D eigenvalue weighted by Gasteiger charge is 2.14. The van der Waals surface area contributed by atoms with Gasteiger partial charge in [0.05, 0.1) is 0 Å². The normalized spacial score (nSPS) is 16.4. The molecule has 1 aliphatic rings. The number of nitrogens with zero attached hydrogens (tertiary/aromatic N) is 3. The van der Waals surface area contributed by atoms with Crippen LogP contribution in [0.4, 0.5) is 0 Å². The quantitative estimate of drug-likeness (QED) is 0.374. The standard InChI is InChI=1S/C21H37N5O/c1-3-22-21(24-13-8-14-25-17-10-19(2)11-18-25)23-12-5-7-16-26-15-6-4-9-20(26)27/h4,6,9,15,19H,3,5,7-8,10-14,16-18H2,1-2H3,(H2,22,23,24). The summed E-state index contributed by atoms with van der Waals surface area (Å²) in [4.78, 5) is 18.9. The third kappa shape index (κ3) is 8.61. The Balaban J connectivity index is 1.60. The number of aliphatic imine (C=N–C) groups is 1. The van der Waals surface area contributed by atoms with E-state index in [1.165, 1.54) is 25.9 Å². The Morgan fingerprint density at radius 2 is 1.96 bits per heavy atom. The summed E-state index contributed by atoms with van der Waals surface area (Å²) in [5.74, 6) is 1.80. The monoisotopic (exact) mass is 375 g/mol. The summed E-state index contributed by atoms with van der Waals surface area (Å²) in [6, 6.07) is 5.30. The van der Waals surface area contributed by atoms with Gasteiger partial charge in [0.2, 0.25) is 5.56 Å². The molecular formula is C21H37N5O. The zero-order valence-corrected chi connectivity index (χ0v) is 17.1. The van der Waals surface area contributed by atoms with Gasteiger partial charge in [0.25, 0.3) is 0 Å². The summed E-state index contributed by atoms with van der Waals surface area (Å²) in [7, 11) is 0. The van der Waals surface area contributed by atoms with Crippen LogP contribution < -0.4 is 16.2 Å². The molecule has 0 amide bonds. The van der Waals surface area contributed by atoms with Crippen LogP contribution >= 0.6 is 0 Å². The Kier molecular flexibility index (Phi) is 9.98. The van der Waals surface area contributed by atoms with Crippen LogP contribution in [0, 0.1) is 5.92 Å². The zero-order chi connectivity index (χ0) is 19.3. The van der Waals surface area contributed by atoms with Crippen molar-refractivity contribution in [2.45, 2.75) is 52.5 Å². The van der Waals surface area contributed by atoms with Crippen LogP contribution in [-0.2, 0) is 6.54 Å². The Labute approximate surface area is 164 Å². The summed E-state index contributed by atoms with van der Waals surface area (Å²) in [6.07, 6.45) is 7.62. The predicted octanol–water partition coefficient (Wildman–Crippen LogP) is 2.31. The van der Waals surface area contributed by atoms with Gasteiger partial charge in [0, 0.05) is 38.4 Å². The second-order valence-electron chi connectivity index (χ2n) is 7.50. The van der Waals surface area contributed by atoms with E-state index in [1.807, 2.05) is 12.3 Å². The van der Waals surface area contributed by atoms with Gasteiger partial charge in [0.15, 0.2) is 5.96 Å². The predicted molar refractivity (Wildman–Crippen MR) is 113 cm³/mol. The van der Waals surface area contributed by atoms with E-state index < -0.39 is 0 Å². The minimum absolute atomic E-state index is 0.0727. The molecule has 0 atom stereocenters. The van der Waals surface area contributed by atoms with Crippen molar-refractivity contribution in [2.24, 2.45) is 10.9 Å². The first-order chi connectivity index (χ1) is 13.2. The molecule has 1 saturated heterocycles. The van der Waals surface area contributed by atoms with Gasteiger partial charge in [-0.05, 0) is 70.6 Å². The van der Waals surface area contributed by atoms with E-state index in [0.717, 1.165) is 63.9 Å². The summed E-state index contributed by atoms with van der Waals surface area (Å²) >= 11 is 0. The van der Waals surface area contributed by atoms with Gasteiger partial charge in [-0.25, -0.2) is 0 Å². The fourth-order valence-electron chi connectivity index (χ4n) is 3.37. The van der Waals surface area contributed by atoms with Gasteiger partial charge < -0.3 is 20.1 Å². The molecule has 152 valence electrons. The van der Waals surface area contributed by atoms with E-state index in [-0.39, 0.29) is 5.56 Å². The second kappa shape index (κ2) is 12.5. The van der Waals surface area contributed by atoms with Crippen LogP contribution in [0.2, 0.25) is 0 Å². The SMILES string of the molecule is CCNC(=NCCCN1CCC(C)CC1)NCCCCn1ccccc1=O. The molecule has 1 fully saturated rings. The average molecular weight is 376 g/mol. The molecular weight excluding hydrogens is 338 g/mol. The Bertz CT molecular complexity index is 605. The molecule has 0 saturated carbocycles. The largest absolute Gasteiger partial charge is 0.357 e. The van der Waals surface area contributed by atoms with E-state index >= 15 is 0 Å². The number of likely N-dealkylation sites (tertiary alicyclic amines) is 1. The molecule has 0 spiro atoms. The van der Waals surface area contributed by atoms with Crippen LogP contribution in [0.1, 0.15) is 46.0 Å². The molecule has 0 radical (unpaired) electrons. The summed E-state index contributed by atoms with van der Waals surface area (Å²) < 4.78 is 1.76.